The van der Waals surface area contributed by atoms with Crippen LogP contribution in [0.2, 0.25) is 0 Å². The van der Waals surface area contributed by atoms with E-state index in [1.807, 2.05) is 6.92 Å². The fourth-order valence-electron chi connectivity index (χ4n) is 2.52. The van der Waals surface area contributed by atoms with Crippen LogP contribution in [0.3, 0.4) is 0 Å². The van der Waals surface area contributed by atoms with Crippen LogP contribution in [-0.4, -0.2) is 38.3 Å². The van der Waals surface area contributed by atoms with Gasteiger partial charge in [0.05, 0.1) is 7.11 Å². The van der Waals surface area contributed by atoms with E-state index in [0.29, 0.717) is 23.6 Å². The largest absolute Gasteiger partial charge is 0.493 e. The number of piperidine rings is 1. The molecule has 1 fully saturated rings. The number of carbonyl (C=O) groups excluding carboxylic acids is 1. The zero-order chi connectivity index (χ0) is 15.9. The number of carbonyl (C=O) groups is 1. The Morgan fingerprint density at radius 1 is 1.41 bits per heavy atom. The van der Waals surface area contributed by atoms with Gasteiger partial charge in [-0.05, 0) is 44.5 Å². The Morgan fingerprint density at radius 3 is 2.77 bits per heavy atom. The summed E-state index contributed by atoms with van der Waals surface area (Å²) in [4.78, 5) is 12.4. The second-order valence-corrected chi connectivity index (χ2v) is 5.46. The number of nitrogen functional groups attached to an aromatic ring is 1. The predicted molar refractivity (Wildman–Crippen MR) is 86.1 cm³/mol. The molecule has 4 N–H and O–H groups in total. The highest BCUT2D eigenvalue weighted by Crippen LogP contribution is 2.30. The molecule has 1 atom stereocenters. The van der Waals surface area contributed by atoms with E-state index >= 15 is 0 Å². The summed E-state index contributed by atoms with van der Waals surface area (Å²) in [6.07, 6.45) is 1.92. The summed E-state index contributed by atoms with van der Waals surface area (Å²) in [7, 11) is 1.56. The predicted octanol–water partition coefficient (Wildman–Crippen LogP) is 1.30. The Hall–Kier alpha value is -1.95. The monoisotopic (exact) mass is 307 g/mol. The second-order valence-electron chi connectivity index (χ2n) is 5.46. The number of anilines is 1. The molecule has 1 aromatic rings. The molecule has 1 saturated heterocycles. The lowest BCUT2D eigenvalue weighted by Crippen LogP contribution is -2.47. The van der Waals surface area contributed by atoms with Crippen molar-refractivity contribution in [3.63, 3.8) is 0 Å². The van der Waals surface area contributed by atoms with Crippen LogP contribution in [-0.2, 0) is 4.79 Å². The van der Waals surface area contributed by atoms with Crippen LogP contribution >= 0.6 is 0 Å². The molecule has 0 spiro atoms. The average Bonchev–Trinajstić information content (AvgIpc) is 2.53. The number of nitrogens with one attached hydrogen (secondary N) is 2. The molecule has 1 amide bonds. The minimum atomic E-state index is -0.550. The molecule has 0 aliphatic carbocycles. The van der Waals surface area contributed by atoms with E-state index in [2.05, 4.69) is 10.6 Å². The molecule has 1 unspecified atom stereocenters. The normalized spacial score (nSPS) is 16.8. The highest BCUT2D eigenvalue weighted by molar-refractivity contribution is 5.81. The standard InChI is InChI=1S/C16H25N3O3/c1-3-13(16(20)19-12-6-8-18-9-7-12)22-15-10-11(17)4-5-14(15)21-2/h4-5,10,12-13,18H,3,6-9,17H2,1-2H3,(H,19,20). The third kappa shape index (κ3) is 4.27. The zero-order valence-electron chi connectivity index (χ0n) is 13.2. The van der Waals surface area contributed by atoms with Gasteiger partial charge in [-0.25, -0.2) is 0 Å². The number of ether oxygens (including phenoxy) is 2. The summed E-state index contributed by atoms with van der Waals surface area (Å²) in [5, 5.41) is 6.35. The first kappa shape index (κ1) is 16.4. The van der Waals surface area contributed by atoms with E-state index in [9.17, 15) is 4.79 Å². The fraction of sp³-hybridized carbons (Fsp3) is 0.562. The summed E-state index contributed by atoms with van der Waals surface area (Å²) < 4.78 is 11.1. The van der Waals surface area contributed by atoms with Crippen LogP contribution in [0, 0.1) is 0 Å². The Morgan fingerprint density at radius 2 is 2.14 bits per heavy atom. The van der Waals surface area contributed by atoms with Crippen molar-refractivity contribution >= 4 is 11.6 Å². The van der Waals surface area contributed by atoms with Crippen molar-refractivity contribution in [1.82, 2.24) is 10.6 Å². The molecule has 0 radical (unpaired) electrons. The topological polar surface area (TPSA) is 85.6 Å². The van der Waals surface area contributed by atoms with Crippen LogP contribution in [0.4, 0.5) is 5.69 Å². The molecule has 1 aliphatic rings. The van der Waals surface area contributed by atoms with Gasteiger partial charge in [0.2, 0.25) is 0 Å². The average molecular weight is 307 g/mol. The third-order valence-corrected chi connectivity index (χ3v) is 3.81. The molecule has 1 aliphatic heterocycles. The van der Waals surface area contributed by atoms with Gasteiger partial charge in [-0.15, -0.1) is 0 Å². The van der Waals surface area contributed by atoms with Crippen molar-refractivity contribution in [3.05, 3.63) is 18.2 Å². The Labute approximate surface area is 131 Å². The fourth-order valence-corrected chi connectivity index (χ4v) is 2.52. The summed E-state index contributed by atoms with van der Waals surface area (Å²) in [5.41, 5.74) is 6.36. The molecule has 6 heteroatoms. The van der Waals surface area contributed by atoms with Crippen molar-refractivity contribution in [2.24, 2.45) is 0 Å². The summed E-state index contributed by atoms with van der Waals surface area (Å²) in [6.45, 7) is 3.79. The number of methoxy groups -OCH3 is 1. The van der Waals surface area contributed by atoms with Gasteiger partial charge in [-0.3, -0.25) is 4.79 Å². The highest BCUT2D eigenvalue weighted by atomic mass is 16.5. The van der Waals surface area contributed by atoms with Gasteiger partial charge in [0.15, 0.2) is 17.6 Å². The molecule has 1 heterocycles. The van der Waals surface area contributed by atoms with Crippen LogP contribution in [0.15, 0.2) is 18.2 Å². The van der Waals surface area contributed by atoms with Gasteiger partial charge in [0, 0.05) is 17.8 Å². The molecule has 1 aromatic carbocycles. The van der Waals surface area contributed by atoms with Crippen LogP contribution in [0.25, 0.3) is 0 Å². The van der Waals surface area contributed by atoms with E-state index in [-0.39, 0.29) is 11.9 Å². The highest BCUT2D eigenvalue weighted by Gasteiger charge is 2.23. The molecule has 122 valence electrons. The van der Waals surface area contributed by atoms with Gasteiger partial charge in [-0.1, -0.05) is 6.92 Å². The zero-order valence-corrected chi connectivity index (χ0v) is 13.2. The summed E-state index contributed by atoms with van der Waals surface area (Å²) in [6, 6.07) is 5.37. The van der Waals surface area contributed by atoms with Gasteiger partial charge in [-0.2, -0.15) is 0 Å². The third-order valence-electron chi connectivity index (χ3n) is 3.81. The van der Waals surface area contributed by atoms with E-state index in [1.54, 1.807) is 25.3 Å². The van der Waals surface area contributed by atoms with Crippen molar-refractivity contribution in [3.8, 4) is 11.5 Å². The Balaban J connectivity index is 2.01. The number of amides is 1. The summed E-state index contributed by atoms with van der Waals surface area (Å²) in [5.74, 6) is 0.982. The van der Waals surface area contributed by atoms with Crippen molar-refractivity contribution < 1.29 is 14.3 Å². The molecule has 0 aromatic heterocycles. The van der Waals surface area contributed by atoms with Crippen molar-refractivity contribution in [2.75, 3.05) is 25.9 Å². The van der Waals surface area contributed by atoms with Crippen molar-refractivity contribution in [1.29, 1.82) is 0 Å². The minimum Gasteiger partial charge on any atom is -0.493 e. The Kier molecular flexibility index (Phi) is 5.89. The number of nitrogens with two attached hydrogens (primary N) is 1. The maximum Gasteiger partial charge on any atom is 0.261 e. The lowest BCUT2D eigenvalue weighted by Gasteiger charge is -2.26. The SMILES string of the molecule is CCC(Oc1cc(N)ccc1OC)C(=O)NC1CCNCC1. The quantitative estimate of drug-likeness (QED) is 0.690. The van der Waals surface area contributed by atoms with Crippen LogP contribution in [0.5, 0.6) is 11.5 Å². The maximum atomic E-state index is 12.4. The first-order chi connectivity index (χ1) is 10.6. The lowest BCUT2D eigenvalue weighted by molar-refractivity contribution is -0.129. The maximum absolute atomic E-state index is 12.4. The number of hydrogen-bond acceptors (Lipinski definition) is 5. The first-order valence-corrected chi connectivity index (χ1v) is 7.75. The van der Waals surface area contributed by atoms with Gasteiger partial charge >= 0.3 is 0 Å². The van der Waals surface area contributed by atoms with E-state index in [1.165, 1.54) is 0 Å². The van der Waals surface area contributed by atoms with E-state index in [0.717, 1.165) is 25.9 Å². The van der Waals surface area contributed by atoms with E-state index in [4.69, 9.17) is 15.2 Å². The number of hydrogen-bond donors (Lipinski definition) is 3. The van der Waals surface area contributed by atoms with Gasteiger partial charge < -0.3 is 25.8 Å². The van der Waals surface area contributed by atoms with Gasteiger partial charge in [0.25, 0.3) is 5.91 Å². The molecular weight excluding hydrogens is 282 g/mol. The van der Waals surface area contributed by atoms with Crippen molar-refractivity contribution in [2.45, 2.75) is 38.3 Å². The van der Waals surface area contributed by atoms with Crippen LogP contribution < -0.4 is 25.8 Å². The molecule has 0 saturated carbocycles. The molecule has 22 heavy (non-hydrogen) atoms. The molecule has 0 bridgehead atoms. The molecule has 2 rings (SSSR count). The summed E-state index contributed by atoms with van der Waals surface area (Å²) >= 11 is 0. The second kappa shape index (κ2) is 7.89. The smallest absolute Gasteiger partial charge is 0.261 e. The van der Waals surface area contributed by atoms with Gasteiger partial charge in [0.1, 0.15) is 0 Å². The minimum absolute atomic E-state index is 0.0844. The number of rotatable bonds is 6. The molecule has 6 nitrogen and oxygen atoms in total. The molecular formula is C16H25N3O3. The number of benzene rings is 1. The Bertz CT molecular complexity index is 501. The lowest BCUT2D eigenvalue weighted by atomic mass is 10.1. The van der Waals surface area contributed by atoms with E-state index < -0.39 is 6.10 Å². The van der Waals surface area contributed by atoms with Crippen LogP contribution in [0.1, 0.15) is 26.2 Å². The first-order valence-electron chi connectivity index (χ1n) is 7.75.